The maximum Gasteiger partial charge on any atom is 0.264 e. The number of benzene rings is 3. The van der Waals surface area contributed by atoms with E-state index in [1.165, 1.54) is 19.2 Å². The van der Waals surface area contributed by atoms with Crippen LogP contribution in [0.1, 0.15) is 24.9 Å². The Labute approximate surface area is 205 Å². The van der Waals surface area contributed by atoms with E-state index in [1.807, 2.05) is 31.2 Å². The fourth-order valence-corrected chi connectivity index (χ4v) is 4.97. The number of rotatable bonds is 10. The number of amides is 1. The molecule has 9 heteroatoms. The maximum absolute atomic E-state index is 13.5. The third kappa shape index (κ3) is 6.01. The minimum Gasteiger partial charge on any atom is -0.497 e. The van der Waals surface area contributed by atoms with Crippen molar-refractivity contribution in [3.8, 4) is 11.5 Å². The monoisotopic (exact) mass is 502 g/mol. The van der Waals surface area contributed by atoms with Crippen LogP contribution in [-0.4, -0.2) is 35.1 Å². The molecule has 0 aromatic heterocycles. The SMILES string of the molecule is CC[C@@H](NC(=O)CN(c1ccc(Cl)cc1)S(=O)(=O)c1ccc(OC)cc1)c1ccc(OC)cc1. The van der Waals surface area contributed by atoms with Crippen LogP contribution in [0.15, 0.2) is 77.7 Å². The number of hydrogen-bond acceptors (Lipinski definition) is 5. The molecule has 0 unspecified atom stereocenters. The summed E-state index contributed by atoms with van der Waals surface area (Å²) in [5.41, 5.74) is 1.22. The van der Waals surface area contributed by atoms with Crippen LogP contribution >= 0.6 is 11.6 Å². The highest BCUT2D eigenvalue weighted by Crippen LogP contribution is 2.27. The van der Waals surface area contributed by atoms with Crippen LogP contribution in [0.5, 0.6) is 11.5 Å². The van der Waals surface area contributed by atoms with Gasteiger partial charge < -0.3 is 14.8 Å². The van der Waals surface area contributed by atoms with Crippen LogP contribution in [0.2, 0.25) is 5.02 Å². The average molecular weight is 503 g/mol. The molecule has 0 aliphatic rings. The number of sulfonamides is 1. The van der Waals surface area contributed by atoms with E-state index in [0.717, 1.165) is 9.87 Å². The van der Waals surface area contributed by atoms with Gasteiger partial charge in [-0.05, 0) is 72.6 Å². The van der Waals surface area contributed by atoms with Crippen molar-refractivity contribution in [1.29, 1.82) is 0 Å². The van der Waals surface area contributed by atoms with Gasteiger partial charge in [0.1, 0.15) is 18.0 Å². The van der Waals surface area contributed by atoms with Crippen molar-refractivity contribution in [3.63, 3.8) is 0 Å². The van der Waals surface area contributed by atoms with E-state index < -0.39 is 22.5 Å². The number of halogens is 1. The Kier molecular flexibility index (Phi) is 8.41. The van der Waals surface area contributed by atoms with Crippen molar-refractivity contribution in [2.75, 3.05) is 25.1 Å². The predicted molar refractivity (Wildman–Crippen MR) is 133 cm³/mol. The van der Waals surface area contributed by atoms with Crippen molar-refractivity contribution in [2.24, 2.45) is 0 Å². The molecule has 0 aliphatic heterocycles. The van der Waals surface area contributed by atoms with E-state index in [1.54, 1.807) is 43.5 Å². The quantitative estimate of drug-likeness (QED) is 0.429. The van der Waals surface area contributed by atoms with Gasteiger partial charge in [-0.3, -0.25) is 9.10 Å². The molecule has 0 bridgehead atoms. The van der Waals surface area contributed by atoms with Gasteiger partial charge in [-0.2, -0.15) is 0 Å². The lowest BCUT2D eigenvalue weighted by Gasteiger charge is -2.26. The van der Waals surface area contributed by atoms with Gasteiger partial charge >= 0.3 is 0 Å². The summed E-state index contributed by atoms with van der Waals surface area (Å²) >= 11 is 5.99. The molecule has 1 N–H and O–H groups in total. The van der Waals surface area contributed by atoms with Crippen LogP contribution in [0.25, 0.3) is 0 Å². The van der Waals surface area contributed by atoms with Crippen molar-refractivity contribution in [3.05, 3.63) is 83.4 Å². The van der Waals surface area contributed by atoms with Crippen molar-refractivity contribution < 1.29 is 22.7 Å². The van der Waals surface area contributed by atoms with Crippen molar-refractivity contribution in [2.45, 2.75) is 24.3 Å². The second-order valence-electron chi connectivity index (χ2n) is 7.47. The number of anilines is 1. The molecular weight excluding hydrogens is 476 g/mol. The summed E-state index contributed by atoms with van der Waals surface area (Å²) < 4.78 is 38.4. The Morgan fingerprint density at radius 2 is 1.44 bits per heavy atom. The standard InChI is InChI=1S/C25H27ClN2O5S/c1-4-24(18-5-11-21(32-2)12-6-18)27-25(29)17-28(20-9-7-19(26)8-10-20)34(30,31)23-15-13-22(33-3)14-16-23/h5-16,24H,4,17H2,1-3H3,(H,27,29)/t24-/m1/s1. The second-order valence-corrected chi connectivity index (χ2v) is 9.76. The molecule has 0 saturated carbocycles. The zero-order valence-electron chi connectivity index (χ0n) is 19.2. The predicted octanol–water partition coefficient (Wildman–Crippen LogP) is 4.82. The van der Waals surface area contributed by atoms with Crippen LogP contribution in [-0.2, 0) is 14.8 Å². The smallest absolute Gasteiger partial charge is 0.264 e. The van der Waals surface area contributed by atoms with Gasteiger partial charge in [0, 0.05) is 5.02 Å². The number of hydrogen-bond donors (Lipinski definition) is 1. The molecule has 0 spiro atoms. The van der Waals surface area contributed by atoms with Gasteiger partial charge in [0.25, 0.3) is 10.0 Å². The molecule has 34 heavy (non-hydrogen) atoms. The van der Waals surface area contributed by atoms with Gasteiger partial charge in [-0.25, -0.2) is 8.42 Å². The highest BCUT2D eigenvalue weighted by atomic mass is 35.5. The number of methoxy groups -OCH3 is 2. The molecule has 1 atom stereocenters. The second kappa shape index (κ2) is 11.3. The average Bonchev–Trinajstić information content (AvgIpc) is 2.86. The van der Waals surface area contributed by atoms with Gasteiger partial charge in [0.05, 0.1) is 30.8 Å². The summed E-state index contributed by atoms with van der Waals surface area (Å²) in [5.74, 6) is 0.805. The summed E-state index contributed by atoms with van der Waals surface area (Å²) in [6, 6.07) is 19.4. The van der Waals surface area contributed by atoms with Crippen LogP contribution in [0.3, 0.4) is 0 Å². The summed E-state index contributed by atoms with van der Waals surface area (Å²) in [7, 11) is -0.959. The van der Waals surface area contributed by atoms with Crippen molar-refractivity contribution >= 4 is 33.2 Å². The first-order valence-corrected chi connectivity index (χ1v) is 12.5. The van der Waals surface area contributed by atoms with Gasteiger partial charge in [0.15, 0.2) is 0 Å². The molecule has 3 rings (SSSR count). The summed E-state index contributed by atoms with van der Waals surface area (Å²) in [5, 5.41) is 3.40. The third-order valence-corrected chi connectivity index (χ3v) is 7.35. The Hall–Kier alpha value is -3.23. The van der Waals surface area contributed by atoms with E-state index in [2.05, 4.69) is 5.32 Å². The van der Waals surface area contributed by atoms with Crippen LogP contribution < -0.4 is 19.1 Å². The van der Waals surface area contributed by atoms with Crippen LogP contribution in [0.4, 0.5) is 5.69 Å². The fraction of sp³-hybridized carbons (Fsp3) is 0.240. The number of carbonyl (C=O) groups excluding carboxylic acids is 1. The number of ether oxygens (including phenoxy) is 2. The van der Waals surface area contributed by atoms with Gasteiger partial charge in [-0.15, -0.1) is 0 Å². The lowest BCUT2D eigenvalue weighted by atomic mass is 10.0. The number of nitrogens with zero attached hydrogens (tertiary/aromatic N) is 1. The van der Waals surface area contributed by atoms with E-state index in [4.69, 9.17) is 21.1 Å². The van der Waals surface area contributed by atoms with Gasteiger partial charge in [-0.1, -0.05) is 30.7 Å². The Morgan fingerprint density at radius 1 is 0.912 bits per heavy atom. The van der Waals surface area contributed by atoms with Crippen LogP contribution in [0, 0.1) is 0 Å². The van der Waals surface area contributed by atoms with E-state index in [0.29, 0.717) is 28.6 Å². The molecule has 0 aliphatic carbocycles. The zero-order valence-corrected chi connectivity index (χ0v) is 20.8. The molecule has 0 fully saturated rings. The van der Waals surface area contributed by atoms with E-state index in [-0.39, 0.29) is 10.9 Å². The molecule has 180 valence electrons. The minimum atomic E-state index is -4.05. The molecule has 0 saturated heterocycles. The topological polar surface area (TPSA) is 84.9 Å². The fourth-order valence-electron chi connectivity index (χ4n) is 3.43. The Bertz CT molecular complexity index is 1200. The van der Waals surface area contributed by atoms with Crippen molar-refractivity contribution in [1.82, 2.24) is 5.32 Å². The highest BCUT2D eigenvalue weighted by Gasteiger charge is 2.28. The highest BCUT2D eigenvalue weighted by molar-refractivity contribution is 7.92. The molecule has 3 aromatic carbocycles. The zero-order chi connectivity index (χ0) is 24.7. The normalized spacial score (nSPS) is 12.0. The first-order valence-electron chi connectivity index (χ1n) is 10.6. The molecular formula is C25H27ClN2O5S. The Balaban J connectivity index is 1.88. The minimum absolute atomic E-state index is 0.0400. The molecule has 1 amide bonds. The summed E-state index contributed by atoms with van der Waals surface area (Å²) in [6.07, 6.45) is 0.629. The lowest BCUT2D eigenvalue weighted by molar-refractivity contribution is -0.120. The van der Waals surface area contributed by atoms with E-state index in [9.17, 15) is 13.2 Å². The third-order valence-electron chi connectivity index (χ3n) is 5.31. The first-order chi connectivity index (χ1) is 16.3. The first kappa shape index (κ1) is 25.4. The summed E-state index contributed by atoms with van der Waals surface area (Å²) in [4.78, 5) is 13.1. The number of nitrogens with one attached hydrogen (secondary N) is 1. The Morgan fingerprint density at radius 3 is 1.94 bits per heavy atom. The molecule has 3 aromatic rings. The lowest BCUT2D eigenvalue weighted by Crippen LogP contribution is -2.42. The molecule has 0 heterocycles. The maximum atomic E-state index is 13.5. The molecule has 0 radical (unpaired) electrons. The largest absolute Gasteiger partial charge is 0.497 e. The van der Waals surface area contributed by atoms with Gasteiger partial charge in [0.2, 0.25) is 5.91 Å². The van der Waals surface area contributed by atoms with E-state index >= 15 is 0 Å². The number of carbonyl (C=O) groups is 1. The summed E-state index contributed by atoms with van der Waals surface area (Å²) in [6.45, 7) is 1.54. The molecule has 7 nitrogen and oxygen atoms in total.